The van der Waals surface area contributed by atoms with Crippen molar-refractivity contribution in [2.75, 3.05) is 0 Å². The zero-order valence-corrected chi connectivity index (χ0v) is 9.34. The largest absolute Gasteiger partial charge is 0.240 e. The predicted octanol–water partition coefficient (Wildman–Crippen LogP) is 2.35. The summed E-state index contributed by atoms with van der Waals surface area (Å²) in [6.07, 6.45) is 1.89. The minimum absolute atomic E-state index is 0.663. The predicted molar refractivity (Wildman–Crippen MR) is 61.0 cm³/mol. The quantitative estimate of drug-likeness (QED) is 0.758. The fraction of sp³-hybridized carbons (Fsp3) is 0. The maximum atomic E-state index is 8.63. The smallest absolute Gasteiger partial charge is 0.123 e. The number of nitrogens with zero attached hydrogens (tertiary/aromatic N) is 3. The summed E-state index contributed by atoms with van der Waals surface area (Å²) in [4.78, 5) is 0. The lowest BCUT2D eigenvalue weighted by atomic mass is 10.2. The van der Waals surface area contributed by atoms with Crippen molar-refractivity contribution in [3.05, 3.63) is 45.8 Å². The van der Waals surface area contributed by atoms with E-state index >= 15 is 0 Å². The van der Waals surface area contributed by atoms with E-state index in [1.165, 1.54) is 0 Å². The molecule has 0 N–H and O–H groups in total. The molecule has 0 unspecified atom stereocenters. The van der Waals surface area contributed by atoms with Crippen LogP contribution < -0.4 is 0 Å². The molecule has 0 fully saturated rings. The van der Waals surface area contributed by atoms with Crippen LogP contribution in [0.2, 0.25) is 0 Å². The second-order valence-corrected chi connectivity index (χ2v) is 3.85. The van der Waals surface area contributed by atoms with Crippen molar-refractivity contribution in [2.24, 2.45) is 0 Å². The van der Waals surface area contributed by atoms with Crippen LogP contribution in [0.25, 0.3) is 5.69 Å². The van der Waals surface area contributed by atoms with E-state index in [0.717, 1.165) is 9.39 Å². The van der Waals surface area contributed by atoms with Gasteiger partial charge < -0.3 is 0 Å². The summed E-state index contributed by atoms with van der Waals surface area (Å²) in [5.41, 5.74) is 1.63. The van der Waals surface area contributed by atoms with E-state index in [-0.39, 0.29) is 0 Å². The Morgan fingerprint density at radius 3 is 2.43 bits per heavy atom. The molecular weight excluding hydrogens is 289 g/mol. The van der Waals surface area contributed by atoms with Crippen molar-refractivity contribution in [2.45, 2.75) is 0 Å². The molecule has 0 aliphatic heterocycles. The third kappa shape index (κ3) is 1.77. The molecule has 0 spiro atoms. The SMILES string of the molecule is N#Cc1ccc(-n2ccc(I)n2)cc1. The second-order valence-electron chi connectivity index (χ2n) is 2.74. The Morgan fingerprint density at radius 2 is 1.93 bits per heavy atom. The fourth-order valence-corrected chi connectivity index (χ4v) is 1.53. The highest BCUT2D eigenvalue weighted by atomic mass is 127. The number of hydrogen-bond donors (Lipinski definition) is 0. The second kappa shape index (κ2) is 3.80. The Labute approximate surface area is 95.1 Å². The first-order valence-corrected chi connectivity index (χ1v) is 5.09. The van der Waals surface area contributed by atoms with Gasteiger partial charge in [0.15, 0.2) is 0 Å². The lowest BCUT2D eigenvalue weighted by Gasteiger charge is -1.99. The van der Waals surface area contributed by atoms with Gasteiger partial charge in [0.2, 0.25) is 0 Å². The third-order valence-corrected chi connectivity index (χ3v) is 2.39. The van der Waals surface area contributed by atoms with Crippen LogP contribution in [-0.2, 0) is 0 Å². The highest BCUT2D eigenvalue weighted by Gasteiger charge is 1.98. The monoisotopic (exact) mass is 295 g/mol. The highest BCUT2D eigenvalue weighted by molar-refractivity contribution is 14.1. The van der Waals surface area contributed by atoms with Crippen LogP contribution in [0.1, 0.15) is 5.56 Å². The third-order valence-electron chi connectivity index (χ3n) is 1.82. The van der Waals surface area contributed by atoms with Gasteiger partial charge in [-0.05, 0) is 52.9 Å². The minimum Gasteiger partial charge on any atom is -0.240 e. The Bertz CT molecular complexity index is 479. The van der Waals surface area contributed by atoms with E-state index in [4.69, 9.17) is 5.26 Å². The molecule has 1 heterocycles. The zero-order chi connectivity index (χ0) is 9.97. The maximum Gasteiger partial charge on any atom is 0.123 e. The normalized spacial score (nSPS) is 9.71. The van der Waals surface area contributed by atoms with Gasteiger partial charge in [0.1, 0.15) is 3.70 Å². The van der Waals surface area contributed by atoms with Gasteiger partial charge in [-0.15, -0.1) is 0 Å². The average molecular weight is 295 g/mol. The van der Waals surface area contributed by atoms with Gasteiger partial charge in [-0.1, -0.05) is 0 Å². The van der Waals surface area contributed by atoms with Gasteiger partial charge in [0, 0.05) is 6.20 Å². The first kappa shape index (κ1) is 9.21. The first-order chi connectivity index (χ1) is 6.79. The van der Waals surface area contributed by atoms with Gasteiger partial charge in [0.25, 0.3) is 0 Å². The molecule has 0 saturated heterocycles. The van der Waals surface area contributed by atoms with Gasteiger partial charge in [-0.2, -0.15) is 10.4 Å². The van der Waals surface area contributed by atoms with Crippen molar-refractivity contribution in [3.63, 3.8) is 0 Å². The Hall–Kier alpha value is -1.35. The summed E-state index contributed by atoms with van der Waals surface area (Å²) in [5.74, 6) is 0. The fourth-order valence-electron chi connectivity index (χ4n) is 1.13. The molecule has 0 amide bonds. The Kier molecular flexibility index (Phi) is 2.50. The summed E-state index contributed by atoms with van der Waals surface area (Å²) in [6.45, 7) is 0. The number of benzene rings is 1. The zero-order valence-electron chi connectivity index (χ0n) is 7.18. The lowest BCUT2D eigenvalue weighted by molar-refractivity contribution is 0.869. The van der Waals surface area contributed by atoms with E-state index in [2.05, 4.69) is 33.8 Å². The summed E-state index contributed by atoms with van der Waals surface area (Å²) in [7, 11) is 0. The van der Waals surface area contributed by atoms with Crippen molar-refractivity contribution in [3.8, 4) is 11.8 Å². The van der Waals surface area contributed by atoms with Crippen LogP contribution in [0, 0.1) is 15.0 Å². The minimum atomic E-state index is 0.663. The van der Waals surface area contributed by atoms with Crippen LogP contribution >= 0.6 is 22.6 Å². The Balaban J connectivity index is 2.39. The molecular formula is C10H6IN3. The van der Waals surface area contributed by atoms with Gasteiger partial charge in [-0.25, -0.2) is 4.68 Å². The molecule has 4 heteroatoms. The van der Waals surface area contributed by atoms with Gasteiger partial charge in [-0.3, -0.25) is 0 Å². The van der Waals surface area contributed by atoms with Crippen LogP contribution in [0.15, 0.2) is 36.5 Å². The van der Waals surface area contributed by atoms with Crippen LogP contribution in [0.4, 0.5) is 0 Å². The Morgan fingerprint density at radius 1 is 1.21 bits per heavy atom. The molecule has 0 radical (unpaired) electrons. The molecule has 2 aromatic rings. The number of rotatable bonds is 1. The molecule has 0 saturated carbocycles. The van der Waals surface area contributed by atoms with Crippen molar-refractivity contribution < 1.29 is 0 Å². The molecule has 0 aliphatic carbocycles. The van der Waals surface area contributed by atoms with E-state index in [1.807, 2.05) is 24.4 Å². The molecule has 68 valence electrons. The topological polar surface area (TPSA) is 41.6 Å². The summed E-state index contributed by atoms with van der Waals surface area (Å²) in [6, 6.07) is 11.3. The number of hydrogen-bond acceptors (Lipinski definition) is 2. The van der Waals surface area contributed by atoms with Crippen molar-refractivity contribution in [1.82, 2.24) is 9.78 Å². The van der Waals surface area contributed by atoms with Crippen molar-refractivity contribution in [1.29, 1.82) is 5.26 Å². The standard InChI is InChI=1S/C10H6IN3/c11-10-5-6-14(13-10)9-3-1-8(7-12)2-4-9/h1-6H. The first-order valence-electron chi connectivity index (χ1n) is 4.01. The number of aromatic nitrogens is 2. The molecule has 3 nitrogen and oxygen atoms in total. The van der Waals surface area contributed by atoms with Crippen LogP contribution in [-0.4, -0.2) is 9.78 Å². The lowest BCUT2D eigenvalue weighted by Crippen LogP contribution is -1.94. The van der Waals surface area contributed by atoms with Gasteiger partial charge >= 0.3 is 0 Å². The molecule has 2 rings (SSSR count). The van der Waals surface area contributed by atoms with Crippen molar-refractivity contribution >= 4 is 22.6 Å². The number of nitriles is 1. The summed E-state index contributed by atoms with van der Waals surface area (Å²) >= 11 is 2.16. The molecule has 0 atom stereocenters. The molecule has 1 aromatic heterocycles. The van der Waals surface area contributed by atoms with Crippen LogP contribution in [0.3, 0.4) is 0 Å². The maximum absolute atomic E-state index is 8.63. The summed E-state index contributed by atoms with van der Waals surface area (Å²) < 4.78 is 2.73. The van der Waals surface area contributed by atoms with Crippen LogP contribution in [0.5, 0.6) is 0 Å². The van der Waals surface area contributed by atoms with E-state index in [1.54, 1.807) is 16.8 Å². The molecule has 0 bridgehead atoms. The average Bonchev–Trinajstić information content (AvgIpc) is 2.65. The number of halogens is 1. The van der Waals surface area contributed by atoms with E-state index in [9.17, 15) is 0 Å². The summed E-state index contributed by atoms with van der Waals surface area (Å²) in [5, 5.41) is 12.9. The molecule has 0 aliphatic rings. The molecule has 14 heavy (non-hydrogen) atoms. The molecule has 1 aromatic carbocycles. The van der Waals surface area contributed by atoms with Gasteiger partial charge in [0.05, 0.1) is 17.3 Å². The van der Waals surface area contributed by atoms with E-state index in [0.29, 0.717) is 5.56 Å². The van der Waals surface area contributed by atoms with E-state index < -0.39 is 0 Å². The highest BCUT2D eigenvalue weighted by Crippen LogP contribution is 2.09.